The molecular formula is C10H10N3O3S-. The molecule has 0 unspecified atom stereocenters. The van der Waals surface area contributed by atoms with Gasteiger partial charge in [0, 0.05) is 12.3 Å². The molecule has 0 bridgehead atoms. The van der Waals surface area contributed by atoms with Crippen LogP contribution in [0.15, 0.2) is 28.0 Å². The number of carbonyl (C=O) groups is 1. The van der Waals surface area contributed by atoms with Gasteiger partial charge < -0.3 is 14.3 Å². The van der Waals surface area contributed by atoms with Crippen LogP contribution in [0.3, 0.4) is 0 Å². The van der Waals surface area contributed by atoms with E-state index in [1.165, 1.54) is 0 Å². The van der Waals surface area contributed by atoms with Crippen LogP contribution in [-0.4, -0.2) is 26.5 Å². The van der Waals surface area contributed by atoms with Crippen molar-refractivity contribution in [2.75, 3.05) is 5.75 Å². The zero-order chi connectivity index (χ0) is 12.3. The van der Waals surface area contributed by atoms with Crippen molar-refractivity contribution in [3.05, 3.63) is 18.4 Å². The third-order valence-corrected chi connectivity index (χ3v) is 3.03. The van der Waals surface area contributed by atoms with Crippen LogP contribution in [0.5, 0.6) is 0 Å². The summed E-state index contributed by atoms with van der Waals surface area (Å²) in [5.74, 6) is -0.0609. The Balaban J connectivity index is 2.27. The molecule has 17 heavy (non-hydrogen) atoms. The number of nitrogens with zero attached hydrogens (tertiary/aromatic N) is 3. The molecule has 0 spiro atoms. The van der Waals surface area contributed by atoms with E-state index in [1.54, 1.807) is 23.0 Å². The first kappa shape index (κ1) is 11.7. The highest BCUT2D eigenvalue weighted by Crippen LogP contribution is 2.23. The molecular weight excluding hydrogens is 242 g/mol. The SMILES string of the molecule is CCn1c(SCC(=O)[O-])nnc1-c1ccco1. The highest BCUT2D eigenvalue weighted by Gasteiger charge is 2.14. The lowest BCUT2D eigenvalue weighted by molar-refractivity contribution is -0.301. The Morgan fingerprint density at radius 2 is 2.41 bits per heavy atom. The van der Waals surface area contributed by atoms with E-state index < -0.39 is 5.97 Å². The van der Waals surface area contributed by atoms with Crippen molar-refractivity contribution < 1.29 is 14.3 Å². The first-order valence-corrected chi connectivity index (χ1v) is 6.00. The second kappa shape index (κ2) is 5.05. The van der Waals surface area contributed by atoms with E-state index in [0.29, 0.717) is 23.3 Å². The van der Waals surface area contributed by atoms with E-state index in [1.807, 2.05) is 6.92 Å². The fourth-order valence-corrected chi connectivity index (χ4v) is 2.11. The Morgan fingerprint density at radius 1 is 1.59 bits per heavy atom. The summed E-state index contributed by atoms with van der Waals surface area (Å²) in [6.07, 6.45) is 1.55. The van der Waals surface area contributed by atoms with Crippen LogP contribution in [0, 0.1) is 0 Å². The number of carbonyl (C=O) groups excluding carboxylic acids is 1. The molecule has 0 aliphatic carbocycles. The van der Waals surface area contributed by atoms with E-state index in [2.05, 4.69) is 10.2 Å². The number of rotatable bonds is 5. The number of aliphatic carboxylic acids is 1. The molecule has 0 aliphatic heterocycles. The Labute approximate surface area is 102 Å². The van der Waals surface area contributed by atoms with Gasteiger partial charge in [-0.25, -0.2) is 0 Å². The van der Waals surface area contributed by atoms with Gasteiger partial charge in [0.1, 0.15) is 0 Å². The summed E-state index contributed by atoms with van der Waals surface area (Å²) >= 11 is 1.08. The number of thioether (sulfide) groups is 1. The Bertz CT molecular complexity index is 507. The maximum Gasteiger partial charge on any atom is 0.200 e. The zero-order valence-electron chi connectivity index (χ0n) is 9.12. The second-order valence-corrected chi connectivity index (χ2v) is 4.13. The fourth-order valence-electron chi connectivity index (χ4n) is 1.39. The Morgan fingerprint density at radius 3 is 3.00 bits per heavy atom. The molecule has 2 aromatic rings. The Hall–Kier alpha value is -1.76. The molecule has 0 amide bonds. The molecule has 0 aromatic carbocycles. The van der Waals surface area contributed by atoms with E-state index in [9.17, 15) is 9.90 Å². The van der Waals surface area contributed by atoms with Crippen LogP contribution in [0.4, 0.5) is 0 Å². The lowest BCUT2D eigenvalue weighted by Gasteiger charge is -2.05. The van der Waals surface area contributed by atoms with Gasteiger partial charge in [-0.2, -0.15) is 0 Å². The van der Waals surface area contributed by atoms with Gasteiger partial charge in [-0.3, -0.25) is 4.57 Å². The molecule has 0 radical (unpaired) electrons. The maximum absolute atomic E-state index is 10.4. The average Bonchev–Trinajstić information content (AvgIpc) is 2.94. The minimum Gasteiger partial charge on any atom is -0.549 e. The number of carboxylic acids is 1. The van der Waals surface area contributed by atoms with E-state index >= 15 is 0 Å². The van der Waals surface area contributed by atoms with Crippen LogP contribution in [0.25, 0.3) is 11.6 Å². The molecule has 7 heteroatoms. The van der Waals surface area contributed by atoms with Gasteiger partial charge in [0.25, 0.3) is 0 Å². The number of hydrogen-bond donors (Lipinski definition) is 0. The zero-order valence-corrected chi connectivity index (χ0v) is 9.94. The van der Waals surface area contributed by atoms with Gasteiger partial charge in [-0.05, 0) is 19.1 Å². The van der Waals surface area contributed by atoms with Crippen molar-refractivity contribution >= 4 is 17.7 Å². The Kier molecular flexibility index (Phi) is 3.48. The first-order valence-electron chi connectivity index (χ1n) is 5.02. The molecule has 2 heterocycles. The quantitative estimate of drug-likeness (QED) is 0.716. The molecule has 0 saturated heterocycles. The second-order valence-electron chi connectivity index (χ2n) is 3.19. The summed E-state index contributed by atoms with van der Waals surface area (Å²) in [4.78, 5) is 10.4. The molecule has 0 saturated carbocycles. The minimum absolute atomic E-state index is 0.143. The molecule has 2 rings (SSSR count). The third-order valence-electron chi connectivity index (χ3n) is 2.09. The van der Waals surface area contributed by atoms with Gasteiger partial charge in [-0.15, -0.1) is 10.2 Å². The summed E-state index contributed by atoms with van der Waals surface area (Å²) in [5.41, 5.74) is 0. The minimum atomic E-state index is -1.12. The van der Waals surface area contributed by atoms with Crippen molar-refractivity contribution in [1.29, 1.82) is 0 Å². The van der Waals surface area contributed by atoms with E-state index in [-0.39, 0.29) is 5.75 Å². The number of hydrogen-bond acceptors (Lipinski definition) is 6. The number of aromatic nitrogens is 3. The van der Waals surface area contributed by atoms with Crippen molar-refractivity contribution in [1.82, 2.24) is 14.8 Å². The lowest BCUT2D eigenvalue weighted by Crippen LogP contribution is -2.24. The summed E-state index contributed by atoms with van der Waals surface area (Å²) in [6, 6.07) is 3.54. The van der Waals surface area contributed by atoms with Crippen LogP contribution >= 0.6 is 11.8 Å². The van der Waals surface area contributed by atoms with Gasteiger partial charge in [-0.1, -0.05) is 11.8 Å². The lowest BCUT2D eigenvalue weighted by atomic mass is 10.4. The van der Waals surface area contributed by atoms with Crippen molar-refractivity contribution in [2.45, 2.75) is 18.6 Å². The number of carboxylic acid groups (broad SMARTS) is 1. The largest absolute Gasteiger partial charge is 0.549 e. The van der Waals surface area contributed by atoms with Gasteiger partial charge in [0.05, 0.1) is 12.2 Å². The maximum atomic E-state index is 10.4. The molecule has 0 fully saturated rings. The summed E-state index contributed by atoms with van der Waals surface area (Å²) in [6.45, 7) is 2.57. The predicted molar refractivity (Wildman–Crippen MR) is 59.1 cm³/mol. The molecule has 2 aromatic heterocycles. The van der Waals surface area contributed by atoms with Crippen LogP contribution in [0.1, 0.15) is 6.92 Å². The van der Waals surface area contributed by atoms with Gasteiger partial charge >= 0.3 is 0 Å². The van der Waals surface area contributed by atoms with Gasteiger partial charge in [0.15, 0.2) is 16.7 Å². The van der Waals surface area contributed by atoms with Crippen molar-refractivity contribution in [3.8, 4) is 11.6 Å². The molecule has 90 valence electrons. The third kappa shape index (κ3) is 2.50. The van der Waals surface area contributed by atoms with Crippen LogP contribution < -0.4 is 5.11 Å². The highest BCUT2D eigenvalue weighted by molar-refractivity contribution is 7.99. The number of furan rings is 1. The van der Waals surface area contributed by atoms with Gasteiger partial charge in [0.2, 0.25) is 0 Å². The summed E-state index contributed by atoms with van der Waals surface area (Å²) in [7, 11) is 0. The normalized spacial score (nSPS) is 10.6. The van der Waals surface area contributed by atoms with Crippen LogP contribution in [0.2, 0.25) is 0 Å². The fraction of sp³-hybridized carbons (Fsp3) is 0.300. The molecule has 0 aliphatic rings. The van der Waals surface area contributed by atoms with Crippen molar-refractivity contribution in [3.63, 3.8) is 0 Å². The van der Waals surface area contributed by atoms with E-state index in [4.69, 9.17) is 4.42 Å². The first-order chi connectivity index (χ1) is 8.22. The topological polar surface area (TPSA) is 84.0 Å². The summed E-state index contributed by atoms with van der Waals surface area (Å²) in [5, 5.41) is 18.9. The molecule has 0 N–H and O–H groups in total. The van der Waals surface area contributed by atoms with E-state index in [0.717, 1.165) is 11.8 Å². The highest BCUT2D eigenvalue weighted by atomic mass is 32.2. The average molecular weight is 252 g/mol. The smallest absolute Gasteiger partial charge is 0.200 e. The molecule has 0 atom stereocenters. The monoisotopic (exact) mass is 252 g/mol. The molecule has 6 nitrogen and oxygen atoms in total. The summed E-state index contributed by atoms with van der Waals surface area (Å²) < 4.78 is 7.04. The standard InChI is InChI=1S/C10H11N3O3S/c1-2-13-9(7-4-3-5-16-7)11-12-10(13)17-6-8(14)15/h3-5H,2,6H2,1H3,(H,14,15)/p-1. The van der Waals surface area contributed by atoms with Crippen molar-refractivity contribution in [2.24, 2.45) is 0 Å². The predicted octanol–water partition coefficient (Wildman–Crippen LogP) is 0.400. The van der Waals surface area contributed by atoms with Crippen LogP contribution in [-0.2, 0) is 11.3 Å².